The van der Waals surface area contributed by atoms with Crippen molar-refractivity contribution in [3.8, 4) is 5.75 Å². The fraction of sp³-hybridized carbons (Fsp3) is 0.650. The van der Waals surface area contributed by atoms with Crippen LogP contribution in [0, 0.1) is 23.1 Å². The van der Waals surface area contributed by atoms with E-state index in [1.165, 1.54) is 6.92 Å². The first-order valence-electron chi connectivity index (χ1n) is 9.14. The molecule has 3 nitrogen and oxygen atoms in total. The largest absolute Gasteiger partial charge is 0.424 e. The lowest BCUT2D eigenvalue weighted by molar-refractivity contribution is -0.132. The van der Waals surface area contributed by atoms with Gasteiger partial charge in [0.2, 0.25) is 0 Å². The molecule has 1 N–H and O–H groups in total. The Labute approximate surface area is 156 Å². The van der Waals surface area contributed by atoms with Crippen molar-refractivity contribution in [3.05, 3.63) is 29.1 Å². The van der Waals surface area contributed by atoms with E-state index in [4.69, 9.17) is 4.74 Å². The molecule has 136 valence electrons. The highest BCUT2D eigenvalue weighted by molar-refractivity contribution is 9.09. The minimum absolute atomic E-state index is 0.0386. The summed E-state index contributed by atoms with van der Waals surface area (Å²) in [5.74, 6) is 0.473. The minimum Gasteiger partial charge on any atom is -0.424 e. The number of aliphatic hydroxyl groups excluding tert-OH is 1. The number of fused-ring (bicyclic) bond motifs is 5. The maximum absolute atomic E-state index is 14.8. The van der Waals surface area contributed by atoms with Gasteiger partial charge in [-0.25, -0.2) is 4.39 Å². The van der Waals surface area contributed by atoms with Crippen LogP contribution < -0.4 is 4.74 Å². The Hall–Kier alpha value is -0.940. The van der Waals surface area contributed by atoms with Crippen LogP contribution in [0.15, 0.2) is 12.1 Å². The number of esters is 1. The third-order valence-electron chi connectivity index (χ3n) is 7.00. The van der Waals surface area contributed by atoms with E-state index in [0.717, 1.165) is 36.8 Å². The summed E-state index contributed by atoms with van der Waals surface area (Å²) < 4.78 is 19.8. The molecular formula is C20H24BrFO3. The molecule has 1 aromatic carbocycles. The van der Waals surface area contributed by atoms with Crippen molar-refractivity contribution in [1.29, 1.82) is 0 Å². The zero-order valence-corrected chi connectivity index (χ0v) is 16.2. The summed E-state index contributed by atoms with van der Waals surface area (Å²) >= 11 is 3.66. The number of hydrogen-bond donors (Lipinski definition) is 1. The van der Waals surface area contributed by atoms with Gasteiger partial charge in [-0.1, -0.05) is 28.9 Å². The van der Waals surface area contributed by atoms with Gasteiger partial charge in [0.15, 0.2) is 11.6 Å². The second-order valence-corrected chi connectivity index (χ2v) is 9.37. The van der Waals surface area contributed by atoms with Crippen LogP contribution >= 0.6 is 15.9 Å². The van der Waals surface area contributed by atoms with Gasteiger partial charge in [0.05, 0.1) is 6.10 Å². The summed E-state index contributed by atoms with van der Waals surface area (Å²) in [6.45, 7) is 3.51. The molecule has 3 aliphatic rings. The average Bonchev–Trinajstić information content (AvgIpc) is 2.80. The van der Waals surface area contributed by atoms with Crippen LogP contribution in [0.2, 0.25) is 0 Å². The summed E-state index contributed by atoms with van der Waals surface area (Å²) in [7, 11) is 0. The number of alkyl halides is 1. The van der Waals surface area contributed by atoms with Crippen LogP contribution in [0.3, 0.4) is 0 Å². The number of hydrogen-bond acceptors (Lipinski definition) is 3. The number of aliphatic hydroxyl groups is 1. The van der Waals surface area contributed by atoms with E-state index in [2.05, 4.69) is 22.9 Å². The Kier molecular flexibility index (Phi) is 4.23. The third-order valence-corrected chi connectivity index (χ3v) is 7.87. The van der Waals surface area contributed by atoms with Crippen molar-refractivity contribution in [2.75, 3.05) is 0 Å². The summed E-state index contributed by atoms with van der Waals surface area (Å²) in [6, 6.07) is 3.55. The molecule has 1 aromatic rings. The van der Waals surface area contributed by atoms with E-state index in [9.17, 15) is 14.3 Å². The van der Waals surface area contributed by atoms with E-state index in [0.29, 0.717) is 24.2 Å². The molecule has 2 saturated carbocycles. The van der Waals surface area contributed by atoms with E-state index in [1.54, 1.807) is 6.07 Å². The zero-order chi connectivity index (χ0) is 17.9. The summed E-state index contributed by atoms with van der Waals surface area (Å²) in [6.07, 6.45) is 4.24. The lowest BCUT2D eigenvalue weighted by atomic mass is 9.55. The van der Waals surface area contributed by atoms with E-state index in [-0.39, 0.29) is 27.9 Å². The van der Waals surface area contributed by atoms with Crippen molar-refractivity contribution in [2.24, 2.45) is 17.3 Å². The number of halogens is 2. The van der Waals surface area contributed by atoms with Crippen molar-refractivity contribution >= 4 is 21.9 Å². The molecule has 3 aliphatic carbocycles. The molecule has 5 heteroatoms. The minimum atomic E-state index is -0.496. The van der Waals surface area contributed by atoms with Gasteiger partial charge in [-0.15, -0.1) is 0 Å². The Morgan fingerprint density at radius 1 is 1.40 bits per heavy atom. The van der Waals surface area contributed by atoms with Gasteiger partial charge in [-0.05, 0) is 72.5 Å². The van der Waals surface area contributed by atoms with E-state index in [1.807, 2.05) is 6.07 Å². The van der Waals surface area contributed by atoms with Crippen molar-refractivity contribution in [3.63, 3.8) is 0 Å². The molecule has 0 unspecified atom stereocenters. The number of rotatable bonds is 1. The predicted molar refractivity (Wildman–Crippen MR) is 96.4 cm³/mol. The molecule has 2 fully saturated rings. The molecular weight excluding hydrogens is 387 g/mol. The Bertz CT molecular complexity index is 721. The Morgan fingerprint density at radius 2 is 2.16 bits per heavy atom. The van der Waals surface area contributed by atoms with Gasteiger partial charge in [0.25, 0.3) is 0 Å². The van der Waals surface area contributed by atoms with Crippen molar-refractivity contribution in [1.82, 2.24) is 0 Å². The predicted octanol–water partition coefficient (Wildman–Crippen LogP) is 4.34. The van der Waals surface area contributed by atoms with Gasteiger partial charge in [-0.2, -0.15) is 0 Å². The first-order valence-corrected chi connectivity index (χ1v) is 10.1. The second-order valence-electron chi connectivity index (χ2n) is 8.20. The standard InChI is InChI=1S/C20H24BrFO3/c1-10(23)25-17-6-5-11-12-7-8-20(2)15(9-16(21)19(20)24)13(12)3-4-14(11)18(17)22/h5-6,12-13,15-16,19,24H,3-4,7-9H2,1-2H3/t12-,13-,15+,16-,19+,20+/m1/s1. The normalized spacial score (nSPS) is 39.3. The number of benzene rings is 1. The van der Waals surface area contributed by atoms with E-state index >= 15 is 0 Å². The van der Waals surface area contributed by atoms with Gasteiger partial charge in [0, 0.05) is 11.8 Å². The average molecular weight is 411 g/mol. The smallest absolute Gasteiger partial charge is 0.308 e. The fourth-order valence-electron chi connectivity index (χ4n) is 5.78. The van der Waals surface area contributed by atoms with Gasteiger partial charge >= 0.3 is 5.97 Å². The third kappa shape index (κ3) is 2.57. The van der Waals surface area contributed by atoms with Crippen LogP contribution in [0.5, 0.6) is 5.75 Å². The highest BCUT2D eigenvalue weighted by Gasteiger charge is 2.57. The van der Waals surface area contributed by atoms with Crippen LogP contribution in [0.1, 0.15) is 56.6 Å². The molecule has 0 spiro atoms. The second kappa shape index (κ2) is 6.05. The zero-order valence-electron chi connectivity index (χ0n) is 14.6. The lowest BCUT2D eigenvalue weighted by Gasteiger charge is -2.50. The first kappa shape index (κ1) is 17.5. The lowest BCUT2D eigenvalue weighted by Crippen LogP contribution is -2.44. The first-order chi connectivity index (χ1) is 11.8. The molecule has 25 heavy (non-hydrogen) atoms. The molecule has 0 radical (unpaired) electrons. The van der Waals surface area contributed by atoms with Crippen LogP contribution in [-0.4, -0.2) is 22.0 Å². The number of carbonyl (C=O) groups excluding carboxylic acids is 1. The quantitative estimate of drug-likeness (QED) is 0.425. The van der Waals surface area contributed by atoms with Crippen molar-refractivity contribution < 1.29 is 19.0 Å². The van der Waals surface area contributed by atoms with Crippen LogP contribution in [0.25, 0.3) is 0 Å². The summed E-state index contributed by atoms with van der Waals surface area (Å²) in [4.78, 5) is 11.3. The molecule has 4 rings (SSSR count). The maximum atomic E-state index is 14.8. The van der Waals surface area contributed by atoms with Crippen molar-refractivity contribution in [2.45, 2.75) is 62.8 Å². The maximum Gasteiger partial charge on any atom is 0.308 e. The van der Waals surface area contributed by atoms with Gasteiger partial charge in [-0.3, -0.25) is 4.79 Å². The Morgan fingerprint density at radius 3 is 2.88 bits per heavy atom. The fourth-order valence-corrected chi connectivity index (χ4v) is 6.79. The highest BCUT2D eigenvalue weighted by Crippen LogP contribution is 2.62. The van der Waals surface area contributed by atoms with Gasteiger partial charge in [0.1, 0.15) is 0 Å². The molecule has 0 aromatic heterocycles. The molecule has 0 amide bonds. The molecule has 6 atom stereocenters. The van der Waals surface area contributed by atoms with Gasteiger partial charge < -0.3 is 9.84 Å². The van der Waals surface area contributed by atoms with Crippen LogP contribution in [-0.2, 0) is 11.2 Å². The SMILES string of the molecule is CC(=O)Oc1ccc2c(c1F)CC[C@@H]1[C@@H]2CC[C@]2(C)[C@@H](O)[C@H](Br)C[C@@H]12. The summed E-state index contributed by atoms with van der Waals surface area (Å²) in [5.41, 5.74) is 1.76. The molecule has 0 saturated heterocycles. The molecule has 0 bridgehead atoms. The van der Waals surface area contributed by atoms with E-state index < -0.39 is 5.97 Å². The monoisotopic (exact) mass is 410 g/mol. The van der Waals surface area contributed by atoms with Crippen LogP contribution in [0.4, 0.5) is 4.39 Å². The molecule has 0 heterocycles. The Balaban J connectivity index is 1.68. The molecule has 0 aliphatic heterocycles. The summed E-state index contributed by atoms with van der Waals surface area (Å²) in [5, 5.41) is 10.6. The highest BCUT2D eigenvalue weighted by atomic mass is 79.9. The number of ether oxygens (including phenoxy) is 1. The number of carbonyl (C=O) groups is 1. The topological polar surface area (TPSA) is 46.5 Å².